The molecule has 19 heavy (non-hydrogen) atoms. The van der Waals surface area contributed by atoms with Gasteiger partial charge in [0, 0.05) is 6.54 Å². The minimum absolute atomic E-state index is 0.232. The van der Waals surface area contributed by atoms with E-state index in [0.29, 0.717) is 19.6 Å². The molecule has 1 atom stereocenters. The molecule has 0 aliphatic rings. The topological polar surface area (TPSA) is 82.0 Å². The SMILES string of the molecule is CCCN(CCC(=O)OCC)C(C#N)c1cnc[nH]1. The highest BCUT2D eigenvalue weighted by Crippen LogP contribution is 2.18. The van der Waals surface area contributed by atoms with Crippen molar-refractivity contribution in [3.63, 3.8) is 0 Å². The van der Waals surface area contributed by atoms with Gasteiger partial charge < -0.3 is 9.72 Å². The first kappa shape index (κ1) is 15.2. The molecular formula is C13H20N4O2. The minimum atomic E-state index is -0.406. The highest BCUT2D eigenvalue weighted by Gasteiger charge is 2.21. The fourth-order valence-electron chi connectivity index (χ4n) is 1.89. The number of H-pyrrole nitrogens is 1. The summed E-state index contributed by atoms with van der Waals surface area (Å²) in [7, 11) is 0. The van der Waals surface area contributed by atoms with Gasteiger partial charge in [-0.3, -0.25) is 9.69 Å². The number of rotatable bonds is 8. The highest BCUT2D eigenvalue weighted by atomic mass is 16.5. The summed E-state index contributed by atoms with van der Waals surface area (Å²) in [6.45, 7) is 5.46. The Morgan fingerprint density at radius 2 is 2.37 bits per heavy atom. The van der Waals surface area contributed by atoms with E-state index in [1.54, 1.807) is 19.4 Å². The third-order valence-corrected chi connectivity index (χ3v) is 2.72. The molecule has 0 saturated carbocycles. The monoisotopic (exact) mass is 264 g/mol. The van der Waals surface area contributed by atoms with Crippen molar-refractivity contribution in [1.82, 2.24) is 14.9 Å². The van der Waals surface area contributed by atoms with Crippen LogP contribution in [-0.4, -0.2) is 40.5 Å². The lowest BCUT2D eigenvalue weighted by Gasteiger charge is -2.25. The van der Waals surface area contributed by atoms with Crippen molar-refractivity contribution >= 4 is 5.97 Å². The zero-order chi connectivity index (χ0) is 14.1. The smallest absolute Gasteiger partial charge is 0.307 e. The van der Waals surface area contributed by atoms with Crippen molar-refractivity contribution in [2.45, 2.75) is 32.7 Å². The predicted octanol–water partition coefficient (Wildman–Crippen LogP) is 1.64. The lowest BCUT2D eigenvalue weighted by molar-refractivity contribution is -0.143. The molecule has 0 aliphatic heterocycles. The number of aromatic amines is 1. The van der Waals surface area contributed by atoms with Gasteiger partial charge in [0.15, 0.2) is 0 Å². The van der Waals surface area contributed by atoms with Crippen LogP contribution >= 0.6 is 0 Å². The van der Waals surface area contributed by atoms with Gasteiger partial charge in [0.1, 0.15) is 6.04 Å². The normalized spacial score (nSPS) is 12.1. The molecule has 0 radical (unpaired) electrons. The Morgan fingerprint density at radius 3 is 2.89 bits per heavy atom. The van der Waals surface area contributed by atoms with Crippen molar-refractivity contribution in [1.29, 1.82) is 5.26 Å². The first-order chi connectivity index (χ1) is 9.22. The summed E-state index contributed by atoms with van der Waals surface area (Å²) < 4.78 is 4.91. The number of carbonyl (C=O) groups is 1. The van der Waals surface area contributed by atoms with Crippen molar-refractivity contribution in [3.8, 4) is 6.07 Å². The summed E-state index contributed by atoms with van der Waals surface area (Å²) in [5.41, 5.74) is 0.750. The molecule has 0 aromatic carbocycles. The summed E-state index contributed by atoms with van der Waals surface area (Å²) >= 11 is 0. The van der Waals surface area contributed by atoms with Crippen LogP contribution in [0.2, 0.25) is 0 Å². The van der Waals surface area contributed by atoms with Gasteiger partial charge in [0.2, 0.25) is 0 Å². The van der Waals surface area contributed by atoms with Crippen LogP contribution in [0.4, 0.5) is 0 Å². The number of esters is 1. The zero-order valence-corrected chi connectivity index (χ0v) is 11.4. The Bertz CT molecular complexity index is 411. The Labute approximate surface area is 113 Å². The third kappa shape index (κ3) is 4.72. The molecule has 6 nitrogen and oxygen atoms in total. The van der Waals surface area contributed by atoms with Gasteiger partial charge in [-0.05, 0) is 19.9 Å². The fraction of sp³-hybridized carbons (Fsp3) is 0.615. The molecule has 1 aromatic heterocycles. The van der Waals surface area contributed by atoms with Crippen LogP contribution in [0.1, 0.15) is 38.4 Å². The number of imidazole rings is 1. The maximum absolute atomic E-state index is 11.4. The van der Waals surface area contributed by atoms with E-state index >= 15 is 0 Å². The maximum Gasteiger partial charge on any atom is 0.307 e. The molecule has 0 spiro atoms. The average molecular weight is 264 g/mol. The largest absolute Gasteiger partial charge is 0.466 e. The van der Waals surface area contributed by atoms with Gasteiger partial charge >= 0.3 is 5.97 Å². The number of aromatic nitrogens is 2. The summed E-state index contributed by atoms with van der Waals surface area (Å²) in [5, 5.41) is 9.31. The number of nitriles is 1. The first-order valence-corrected chi connectivity index (χ1v) is 6.50. The molecular weight excluding hydrogens is 244 g/mol. The third-order valence-electron chi connectivity index (χ3n) is 2.72. The molecule has 0 saturated heterocycles. The molecule has 1 N–H and O–H groups in total. The van der Waals surface area contributed by atoms with Crippen LogP contribution in [0.5, 0.6) is 0 Å². The standard InChI is InChI=1S/C13H20N4O2/c1-3-6-17(7-5-13(18)19-4-2)12(8-14)11-9-15-10-16-11/h9-10,12H,3-7H2,1-2H3,(H,15,16). The minimum Gasteiger partial charge on any atom is -0.466 e. The second-order valence-corrected chi connectivity index (χ2v) is 4.13. The average Bonchev–Trinajstić information content (AvgIpc) is 2.91. The first-order valence-electron chi connectivity index (χ1n) is 6.50. The lowest BCUT2D eigenvalue weighted by atomic mass is 10.2. The van der Waals surface area contributed by atoms with Gasteiger partial charge in [-0.15, -0.1) is 0 Å². The molecule has 6 heteroatoms. The second-order valence-electron chi connectivity index (χ2n) is 4.13. The number of hydrogen-bond donors (Lipinski definition) is 1. The Hall–Kier alpha value is -1.87. The molecule has 104 valence electrons. The molecule has 1 rings (SSSR count). The maximum atomic E-state index is 11.4. The van der Waals surface area contributed by atoms with E-state index in [2.05, 4.69) is 16.0 Å². The molecule has 0 aliphatic carbocycles. The Morgan fingerprint density at radius 1 is 1.58 bits per heavy atom. The molecule has 0 amide bonds. The number of ether oxygens (including phenoxy) is 1. The van der Waals surface area contributed by atoms with E-state index in [0.717, 1.165) is 18.7 Å². The summed E-state index contributed by atoms with van der Waals surface area (Å²) in [5.74, 6) is -0.232. The molecule has 0 fully saturated rings. The van der Waals surface area contributed by atoms with Crippen molar-refractivity contribution in [2.75, 3.05) is 19.7 Å². The highest BCUT2D eigenvalue weighted by molar-refractivity contribution is 5.69. The van der Waals surface area contributed by atoms with Gasteiger partial charge in [-0.1, -0.05) is 6.92 Å². The molecule has 1 heterocycles. The van der Waals surface area contributed by atoms with E-state index in [-0.39, 0.29) is 5.97 Å². The van der Waals surface area contributed by atoms with Gasteiger partial charge in [0.05, 0.1) is 37.3 Å². The number of nitrogens with one attached hydrogen (secondary N) is 1. The van der Waals surface area contributed by atoms with Crippen molar-refractivity contribution in [3.05, 3.63) is 18.2 Å². The summed E-state index contributed by atoms with van der Waals surface area (Å²) in [6, 6.07) is 1.84. The molecule has 0 bridgehead atoms. The quantitative estimate of drug-likeness (QED) is 0.722. The fourth-order valence-corrected chi connectivity index (χ4v) is 1.89. The summed E-state index contributed by atoms with van der Waals surface area (Å²) in [6.07, 6.45) is 4.39. The van der Waals surface area contributed by atoms with E-state index in [1.807, 2.05) is 11.8 Å². The molecule has 1 aromatic rings. The number of hydrogen-bond acceptors (Lipinski definition) is 5. The van der Waals surface area contributed by atoms with E-state index in [1.165, 1.54) is 0 Å². The van der Waals surface area contributed by atoms with Crippen LogP contribution < -0.4 is 0 Å². The predicted molar refractivity (Wildman–Crippen MR) is 70.1 cm³/mol. The van der Waals surface area contributed by atoms with Gasteiger partial charge in [-0.2, -0.15) is 5.26 Å². The molecule has 1 unspecified atom stereocenters. The second kappa shape index (κ2) is 8.27. The van der Waals surface area contributed by atoms with Crippen LogP contribution in [0.3, 0.4) is 0 Å². The van der Waals surface area contributed by atoms with E-state index < -0.39 is 6.04 Å². The van der Waals surface area contributed by atoms with Gasteiger partial charge in [0.25, 0.3) is 0 Å². The van der Waals surface area contributed by atoms with E-state index in [9.17, 15) is 10.1 Å². The van der Waals surface area contributed by atoms with Crippen molar-refractivity contribution < 1.29 is 9.53 Å². The Balaban J connectivity index is 2.65. The van der Waals surface area contributed by atoms with Crippen LogP contribution in [0.15, 0.2) is 12.5 Å². The van der Waals surface area contributed by atoms with Crippen LogP contribution in [0.25, 0.3) is 0 Å². The van der Waals surface area contributed by atoms with Crippen LogP contribution in [-0.2, 0) is 9.53 Å². The number of nitrogens with zero attached hydrogens (tertiary/aromatic N) is 3. The number of carbonyl (C=O) groups excluding carboxylic acids is 1. The van der Waals surface area contributed by atoms with Crippen LogP contribution in [0, 0.1) is 11.3 Å². The Kier molecular flexibility index (Phi) is 6.61. The van der Waals surface area contributed by atoms with Crippen molar-refractivity contribution in [2.24, 2.45) is 0 Å². The van der Waals surface area contributed by atoms with E-state index in [4.69, 9.17) is 4.74 Å². The summed E-state index contributed by atoms with van der Waals surface area (Å²) in [4.78, 5) is 20.2. The lowest BCUT2D eigenvalue weighted by Crippen LogP contribution is -2.31. The van der Waals surface area contributed by atoms with Gasteiger partial charge in [-0.25, -0.2) is 4.98 Å². The zero-order valence-electron chi connectivity index (χ0n) is 11.4.